The molecule has 1 aliphatic rings. The van der Waals surface area contributed by atoms with Crippen LogP contribution >= 0.6 is 0 Å². The Morgan fingerprint density at radius 2 is 1.91 bits per heavy atom. The van der Waals surface area contributed by atoms with Crippen molar-refractivity contribution in [2.24, 2.45) is 0 Å². The van der Waals surface area contributed by atoms with Gasteiger partial charge in [0, 0.05) is 34.2 Å². The average molecular weight is 303 g/mol. The molecule has 2 aromatic carbocycles. The molecule has 1 atom stereocenters. The normalized spacial score (nSPS) is 17.4. The molecular weight excluding hydrogens is 290 g/mol. The van der Waals surface area contributed by atoms with Gasteiger partial charge >= 0.3 is 0 Å². The number of furan rings is 1. The number of hydrogen-bond acceptors (Lipinski definition) is 3. The largest absolute Gasteiger partial charge is 0.456 e. The highest BCUT2D eigenvalue weighted by molar-refractivity contribution is 6.06. The van der Waals surface area contributed by atoms with E-state index in [1.165, 1.54) is 0 Å². The highest BCUT2D eigenvalue weighted by Gasteiger charge is 2.30. The van der Waals surface area contributed by atoms with Gasteiger partial charge in [0.15, 0.2) is 0 Å². The predicted octanol–water partition coefficient (Wildman–Crippen LogP) is 3.78. The molecule has 0 radical (unpaired) electrons. The number of rotatable bonds is 1. The molecule has 5 heteroatoms. The maximum Gasteiger partial charge on any atom is 0.226 e. The molecule has 0 bridgehead atoms. The van der Waals surface area contributed by atoms with Crippen molar-refractivity contribution in [2.75, 3.05) is 5.32 Å². The number of para-hydroxylation sites is 2. The maximum absolute atomic E-state index is 12.0. The Labute approximate surface area is 131 Å². The van der Waals surface area contributed by atoms with E-state index in [0.717, 1.165) is 33.1 Å². The third kappa shape index (κ3) is 1.73. The summed E-state index contributed by atoms with van der Waals surface area (Å²) in [6, 6.07) is 14.1. The zero-order valence-electron chi connectivity index (χ0n) is 12.2. The Morgan fingerprint density at radius 1 is 1.04 bits per heavy atom. The van der Waals surface area contributed by atoms with Crippen LogP contribution in [0.3, 0.4) is 0 Å². The third-order valence-electron chi connectivity index (χ3n) is 4.51. The van der Waals surface area contributed by atoms with Gasteiger partial charge in [0.05, 0.1) is 6.20 Å². The van der Waals surface area contributed by atoms with E-state index in [9.17, 15) is 4.79 Å². The van der Waals surface area contributed by atoms with E-state index >= 15 is 0 Å². The fourth-order valence-electron chi connectivity index (χ4n) is 3.47. The molecule has 112 valence electrons. The van der Waals surface area contributed by atoms with Crippen molar-refractivity contribution < 1.29 is 9.21 Å². The van der Waals surface area contributed by atoms with Gasteiger partial charge in [-0.1, -0.05) is 36.4 Å². The summed E-state index contributed by atoms with van der Waals surface area (Å²) in [4.78, 5) is 12.0. The van der Waals surface area contributed by atoms with Crippen LogP contribution in [0.5, 0.6) is 0 Å². The Hall–Kier alpha value is -3.08. The number of aromatic nitrogens is 2. The second-order valence-electron chi connectivity index (χ2n) is 5.83. The molecule has 4 aromatic rings. The number of H-pyrrole nitrogens is 1. The molecule has 2 N–H and O–H groups in total. The number of nitrogens with zero attached hydrogens (tertiary/aromatic N) is 1. The summed E-state index contributed by atoms with van der Waals surface area (Å²) in [6.45, 7) is 0. The first-order chi connectivity index (χ1) is 11.3. The summed E-state index contributed by atoms with van der Waals surface area (Å²) >= 11 is 0. The van der Waals surface area contributed by atoms with Crippen LogP contribution in [0.4, 0.5) is 5.82 Å². The summed E-state index contributed by atoms with van der Waals surface area (Å²) in [5, 5.41) is 11.9. The molecule has 0 spiro atoms. The molecule has 23 heavy (non-hydrogen) atoms. The van der Waals surface area contributed by atoms with Crippen LogP contribution < -0.4 is 5.32 Å². The van der Waals surface area contributed by atoms with Crippen molar-refractivity contribution >= 4 is 33.7 Å². The van der Waals surface area contributed by atoms with E-state index < -0.39 is 0 Å². The molecule has 0 aliphatic carbocycles. The lowest BCUT2D eigenvalue weighted by atomic mass is 9.86. The number of fused-ring (bicyclic) bond motifs is 4. The van der Waals surface area contributed by atoms with Crippen LogP contribution in [0.15, 0.2) is 53.1 Å². The van der Waals surface area contributed by atoms with Gasteiger partial charge < -0.3 is 9.73 Å². The SMILES string of the molecule is O=C1C[C@@H](c2cccc3c2oc2ccccc23)c2cn[nH]c2N1. The lowest BCUT2D eigenvalue weighted by molar-refractivity contribution is -0.116. The Morgan fingerprint density at radius 3 is 2.87 bits per heavy atom. The summed E-state index contributed by atoms with van der Waals surface area (Å²) < 4.78 is 6.10. The van der Waals surface area contributed by atoms with Gasteiger partial charge in [-0.15, -0.1) is 0 Å². The van der Waals surface area contributed by atoms with Gasteiger partial charge in [-0.3, -0.25) is 9.89 Å². The molecule has 1 amide bonds. The van der Waals surface area contributed by atoms with Gasteiger partial charge in [-0.2, -0.15) is 5.10 Å². The number of anilines is 1. The number of carbonyl (C=O) groups excluding carboxylic acids is 1. The van der Waals surface area contributed by atoms with Crippen LogP contribution in [0.1, 0.15) is 23.5 Å². The predicted molar refractivity (Wildman–Crippen MR) is 87.4 cm³/mol. The minimum Gasteiger partial charge on any atom is -0.456 e. The van der Waals surface area contributed by atoms with Crippen LogP contribution in [-0.2, 0) is 4.79 Å². The van der Waals surface area contributed by atoms with Crippen molar-refractivity contribution in [1.29, 1.82) is 0 Å². The summed E-state index contributed by atoms with van der Waals surface area (Å²) in [7, 11) is 0. The molecule has 0 saturated carbocycles. The van der Waals surface area contributed by atoms with E-state index in [4.69, 9.17) is 4.42 Å². The maximum atomic E-state index is 12.0. The molecule has 5 nitrogen and oxygen atoms in total. The van der Waals surface area contributed by atoms with Crippen LogP contribution in [0, 0.1) is 0 Å². The number of benzene rings is 2. The number of hydrogen-bond donors (Lipinski definition) is 2. The summed E-state index contributed by atoms with van der Waals surface area (Å²) in [6.07, 6.45) is 2.17. The quantitative estimate of drug-likeness (QED) is 0.562. The molecule has 3 heterocycles. The molecule has 0 saturated heterocycles. The first-order valence-corrected chi connectivity index (χ1v) is 7.54. The Kier molecular flexibility index (Phi) is 2.42. The molecule has 0 fully saturated rings. The van der Waals surface area contributed by atoms with E-state index in [1.807, 2.05) is 30.3 Å². The fourth-order valence-corrected chi connectivity index (χ4v) is 3.47. The standard InChI is InChI=1S/C18H13N3O2/c22-16-8-13(14-9-19-21-18(14)20-16)12-6-3-5-11-10-4-1-2-7-15(10)23-17(11)12/h1-7,9,13H,8H2,(H2,19,20,21,22)/t13-/m0/s1. The minimum absolute atomic E-state index is 0.0140. The molecular formula is C18H13N3O2. The van der Waals surface area contributed by atoms with Crippen molar-refractivity contribution in [3.8, 4) is 0 Å². The van der Waals surface area contributed by atoms with E-state index in [1.54, 1.807) is 6.20 Å². The van der Waals surface area contributed by atoms with Gasteiger partial charge in [0.25, 0.3) is 0 Å². The van der Waals surface area contributed by atoms with Gasteiger partial charge in [-0.05, 0) is 6.07 Å². The highest BCUT2D eigenvalue weighted by Crippen LogP contribution is 2.41. The highest BCUT2D eigenvalue weighted by atomic mass is 16.3. The monoisotopic (exact) mass is 303 g/mol. The molecule has 0 unspecified atom stereocenters. The van der Waals surface area contributed by atoms with E-state index in [0.29, 0.717) is 12.2 Å². The first-order valence-electron chi connectivity index (χ1n) is 7.54. The van der Waals surface area contributed by atoms with Gasteiger partial charge in [0.2, 0.25) is 5.91 Å². The van der Waals surface area contributed by atoms with Gasteiger partial charge in [-0.25, -0.2) is 0 Å². The minimum atomic E-state index is -0.0539. The Bertz CT molecular complexity index is 1060. The van der Waals surface area contributed by atoms with E-state index in [-0.39, 0.29) is 11.8 Å². The zero-order valence-corrected chi connectivity index (χ0v) is 12.2. The van der Waals surface area contributed by atoms with Crippen molar-refractivity contribution in [1.82, 2.24) is 10.2 Å². The smallest absolute Gasteiger partial charge is 0.226 e. The van der Waals surface area contributed by atoms with Crippen molar-refractivity contribution in [2.45, 2.75) is 12.3 Å². The van der Waals surface area contributed by atoms with Crippen LogP contribution in [0.25, 0.3) is 21.9 Å². The Balaban J connectivity index is 1.80. The molecule has 2 aromatic heterocycles. The number of aromatic amines is 1. The number of amides is 1. The summed E-state index contributed by atoms with van der Waals surface area (Å²) in [5.41, 5.74) is 3.73. The van der Waals surface area contributed by atoms with Crippen LogP contribution in [-0.4, -0.2) is 16.1 Å². The number of nitrogens with one attached hydrogen (secondary N) is 2. The average Bonchev–Trinajstić information content (AvgIpc) is 3.17. The first kappa shape index (κ1) is 12.5. The molecule has 5 rings (SSSR count). The second-order valence-corrected chi connectivity index (χ2v) is 5.83. The van der Waals surface area contributed by atoms with Crippen molar-refractivity contribution in [3.63, 3.8) is 0 Å². The molecule has 1 aliphatic heterocycles. The van der Waals surface area contributed by atoms with Crippen molar-refractivity contribution in [3.05, 3.63) is 59.8 Å². The lowest BCUT2D eigenvalue weighted by Gasteiger charge is -2.22. The summed E-state index contributed by atoms with van der Waals surface area (Å²) in [5.74, 6) is 0.612. The van der Waals surface area contributed by atoms with Gasteiger partial charge in [0.1, 0.15) is 17.0 Å². The second kappa shape index (κ2) is 4.46. The van der Waals surface area contributed by atoms with E-state index in [2.05, 4.69) is 27.6 Å². The fraction of sp³-hybridized carbons (Fsp3) is 0.111. The third-order valence-corrected chi connectivity index (χ3v) is 4.51. The zero-order chi connectivity index (χ0) is 15.4. The lowest BCUT2D eigenvalue weighted by Crippen LogP contribution is -2.23. The topological polar surface area (TPSA) is 70.9 Å². The number of carbonyl (C=O) groups is 1. The van der Waals surface area contributed by atoms with Crippen LogP contribution in [0.2, 0.25) is 0 Å².